The minimum atomic E-state index is -0.0664. The van der Waals surface area contributed by atoms with Gasteiger partial charge in [0.15, 0.2) is 0 Å². The molecule has 1 saturated heterocycles. The summed E-state index contributed by atoms with van der Waals surface area (Å²) in [7, 11) is 0. The largest absolute Gasteiger partial charge is 0.390 e. The lowest BCUT2D eigenvalue weighted by atomic mass is 10.2. The van der Waals surface area contributed by atoms with Crippen molar-refractivity contribution in [3.05, 3.63) is 28.2 Å². The van der Waals surface area contributed by atoms with Crippen LogP contribution in [0.3, 0.4) is 0 Å². The first-order valence-corrected chi connectivity index (χ1v) is 8.21. The average molecular weight is 307 g/mol. The highest BCUT2D eigenvalue weighted by molar-refractivity contribution is 7.17. The number of hydrogen-bond donors (Lipinski definition) is 1. The Labute approximate surface area is 123 Å². The third kappa shape index (κ3) is 1.89. The van der Waals surface area contributed by atoms with Gasteiger partial charge in [-0.25, -0.2) is 9.50 Å². The third-order valence-electron chi connectivity index (χ3n) is 3.42. The monoisotopic (exact) mass is 307 g/mol. The second-order valence-corrected chi connectivity index (χ2v) is 6.61. The number of imidazole rings is 1. The zero-order chi connectivity index (χ0) is 13.5. The number of thiophene rings is 1. The van der Waals surface area contributed by atoms with E-state index in [1.807, 2.05) is 17.5 Å². The van der Waals surface area contributed by atoms with Gasteiger partial charge in [0.2, 0.25) is 4.96 Å². The van der Waals surface area contributed by atoms with Gasteiger partial charge in [-0.3, -0.25) is 0 Å². The van der Waals surface area contributed by atoms with Crippen LogP contribution >= 0.6 is 22.7 Å². The van der Waals surface area contributed by atoms with Crippen molar-refractivity contribution in [2.24, 2.45) is 0 Å². The molecule has 20 heavy (non-hydrogen) atoms. The van der Waals surface area contributed by atoms with Gasteiger partial charge in [-0.15, -0.1) is 11.3 Å². The lowest BCUT2D eigenvalue weighted by molar-refractivity contribution is 0.111. The molecule has 1 fully saturated rings. The molecule has 4 rings (SSSR count). The summed E-state index contributed by atoms with van der Waals surface area (Å²) < 4.78 is 7.42. The molecule has 0 radical (unpaired) electrons. The maximum Gasteiger partial charge on any atom is 0.213 e. The predicted molar refractivity (Wildman–Crippen MR) is 78.0 cm³/mol. The van der Waals surface area contributed by atoms with Crippen LogP contribution in [0.4, 0.5) is 0 Å². The zero-order valence-corrected chi connectivity index (χ0v) is 12.3. The Bertz CT molecular complexity index is 726. The topological polar surface area (TPSA) is 59.7 Å². The van der Waals surface area contributed by atoms with E-state index in [2.05, 4.69) is 10.1 Å². The van der Waals surface area contributed by atoms with E-state index >= 15 is 0 Å². The standard InChI is InChI=1S/C13H13N3O2S2/c17-7-8-11(10-4-2-6-19-10)14-13-16(8)15-12(20-13)9-3-1-5-18-9/h2,4,6,9,17H,1,3,5,7H2. The van der Waals surface area contributed by atoms with E-state index in [0.717, 1.165) is 45.7 Å². The van der Waals surface area contributed by atoms with Crippen LogP contribution < -0.4 is 0 Å². The minimum absolute atomic E-state index is 0.0664. The fraction of sp³-hybridized carbons (Fsp3) is 0.385. The van der Waals surface area contributed by atoms with Crippen molar-refractivity contribution in [1.29, 1.82) is 0 Å². The summed E-state index contributed by atoms with van der Waals surface area (Å²) in [5, 5.41) is 17.2. The van der Waals surface area contributed by atoms with Crippen LogP contribution in [0.5, 0.6) is 0 Å². The summed E-state index contributed by atoms with van der Waals surface area (Å²) in [6.45, 7) is 0.739. The Morgan fingerprint density at radius 1 is 1.50 bits per heavy atom. The number of rotatable bonds is 3. The highest BCUT2D eigenvalue weighted by atomic mass is 32.1. The van der Waals surface area contributed by atoms with Crippen LogP contribution in [0.25, 0.3) is 15.5 Å². The number of aromatic nitrogens is 3. The first kappa shape index (κ1) is 12.5. The molecule has 0 saturated carbocycles. The minimum Gasteiger partial charge on any atom is -0.390 e. The molecule has 0 aromatic carbocycles. The van der Waals surface area contributed by atoms with E-state index in [-0.39, 0.29) is 12.7 Å². The average Bonchev–Trinajstić information content (AvgIpc) is 3.21. The molecule has 1 N–H and O–H groups in total. The van der Waals surface area contributed by atoms with Gasteiger partial charge in [-0.05, 0) is 24.3 Å². The second-order valence-electron chi connectivity index (χ2n) is 4.68. The molecule has 7 heteroatoms. The summed E-state index contributed by atoms with van der Waals surface area (Å²) >= 11 is 3.17. The zero-order valence-electron chi connectivity index (χ0n) is 10.7. The summed E-state index contributed by atoms with van der Waals surface area (Å²) in [6, 6.07) is 4.00. The summed E-state index contributed by atoms with van der Waals surface area (Å²) in [5.74, 6) is 0. The number of nitrogens with zero attached hydrogens (tertiary/aromatic N) is 3. The normalized spacial score (nSPS) is 19.1. The first-order chi connectivity index (χ1) is 9.86. The molecule has 1 aliphatic heterocycles. The molecule has 0 spiro atoms. The van der Waals surface area contributed by atoms with Gasteiger partial charge in [0, 0.05) is 6.61 Å². The number of fused-ring (bicyclic) bond motifs is 1. The van der Waals surface area contributed by atoms with E-state index in [0.29, 0.717) is 0 Å². The van der Waals surface area contributed by atoms with Crippen LogP contribution in [-0.4, -0.2) is 26.3 Å². The second kappa shape index (κ2) is 4.92. The van der Waals surface area contributed by atoms with Crippen molar-refractivity contribution in [1.82, 2.24) is 14.6 Å². The van der Waals surface area contributed by atoms with Gasteiger partial charge < -0.3 is 9.84 Å². The molecule has 5 nitrogen and oxygen atoms in total. The maximum absolute atomic E-state index is 9.66. The van der Waals surface area contributed by atoms with Crippen LogP contribution in [-0.2, 0) is 11.3 Å². The highest BCUT2D eigenvalue weighted by Gasteiger charge is 2.24. The van der Waals surface area contributed by atoms with Gasteiger partial charge >= 0.3 is 0 Å². The Morgan fingerprint density at radius 2 is 2.45 bits per heavy atom. The predicted octanol–water partition coefficient (Wildman–Crippen LogP) is 2.86. The van der Waals surface area contributed by atoms with Crippen molar-refractivity contribution in [3.8, 4) is 10.6 Å². The highest BCUT2D eigenvalue weighted by Crippen LogP contribution is 2.34. The van der Waals surface area contributed by atoms with Crippen molar-refractivity contribution in [2.75, 3.05) is 6.61 Å². The van der Waals surface area contributed by atoms with E-state index in [1.165, 1.54) is 0 Å². The summed E-state index contributed by atoms with van der Waals surface area (Å²) in [5.41, 5.74) is 1.59. The van der Waals surface area contributed by atoms with Gasteiger partial charge in [0.05, 0.1) is 17.2 Å². The Hall–Kier alpha value is -1.28. The van der Waals surface area contributed by atoms with Crippen molar-refractivity contribution >= 4 is 27.6 Å². The van der Waals surface area contributed by atoms with Crippen molar-refractivity contribution < 1.29 is 9.84 Å². The molecule has 0 aliphatic carbocycles. The lowest BCUT2D eigenvalue weighted by Crippen LogP contribution is -1.99. The van der Waals surface area contributed by atoms with Gasteiger partial charge in [-0.1, -0.05) is 17.4 Å². The molecule has 1 unspecified atom stereocenters. The van der Waals surface area contributed by atoms with Crippen molar-refractivity contribution in [3.63, 3.8) is 0 Å². The maximum atomic E-state index is 9.66. The number of hydrogen-bond acceptors (Lipinski definition) is 6. The SMILES string of the molecule is OCc1c(-c2cccs2)nc2sc(C3CCCO3)nn12. The van der Waals surface area contributed by atoms with E-state index in [9.17, 15) is 5.11 Å². The van der Waals surface area contributed by atoms with E-state index < -0.39 is 0 Å². The van der Waals surface area contributed by atoms with Gasteiger partial charge in [-0.2, -0.15) is 5.10 Å². The third-order valence-corrected chi connectivity index (χ3v) is 5.30. The molecule has 3 aromatic rings. The molecule has 3 aromatic heterocycles. The smallest absolute Gasteiger partial charge is 0.213 e. The van der Waals surface area contributed by atoms with E-state index in [4.69, 9.17) is 4.74 Å². The Kier molecular flexibility index (Phi) is 3.07. The van der Waals surface area contributed by atoms with Gasteiger partial charge in [0.25, 0.3) is 0 Å². The molecular weight excluding hydrogens is 294 g/mol. The Balaban J connectivity index is 1.82. The van der Waals surface area contributed by atoms with Crippen LogP contribution in [0.15, 0.2) is 17.5 Å². The molecular formula is C13H13N3O2S2. The van der Waals surface area contributed by atoms with Crippen LogP contribution in [0, 0.1) is 0 Å². The Morgan fingerprint density at radius 3 is 3.15 bits per heavy atom. The molecule has 1 atom stereocenters. The number of ether oxygens (including phenoxy) is 1. The van der Waals surface area contributed by atoms with Gasteiger partial charge in [0.1, 0.15) is 16.8 Å². The fourth-order valence-corrected chi connectivity index (χ4v) is 4.20. The first-order valence-electron chi connectivity index (χ1n) is 6.51. The van der Waals surface area contributed by atoms with E-state index in [1.54, 1.807) is 27.2 Å². The quantitative estimate of drug-likeness (QED) is 0.808. The number of aliphatic hydroxyl groups excluding tert-OH is 1. The molecule has 0 bridgehead atoms. The van der Waals surface area contributed by atoms with Crippen molar-refractivity contribution in [2.45, 2.75) is 25.6 Å². The van der Waals surface area contributed by atoms with Crippen LogP contribution in [0.2, 0.25) is 0 Å². The summed E-state index contributed by atoms with van der Waals surface area (Å²) in [4.78, 5) is 6.51. The molecule has 104 valence electrons. The molecule has 4 heterocycles. The molecule has 0 amide bonds. The summed E-state index contributed by atoms with van der Waals surface area (Å²) in [6.07, 6.45) is 2.20. The number of aliphatic hydroxyl groups is 1. The fourth-order valence-electron chi connectivity index (χ4n) is 2.46. The molecule has 1 aliphatic rings. The lowest BCUT2D eigenvalue weighted by Gasteiger charge is -2.03. The van der Waals surface area contributed by atoms with Crippen LogP contribution in [0.1, 0.15) is 29.6 Å².